The molecule has 3 aromatic rings. The van der Waals surface area contributed by atoms with Crippen LogP contribution in [-0.2, 0) is 11.8 Å². The molecule has 0 amide bonds. The summed E-state index contributed by atoms with van der Waals surface area (Å²) in [7, 11) is 2.10. The average Bonchev–Trinajstić information content (AvgIpc) is 2.81. The van der Waals surface area contributed by atoms with Crippen LogP contribution in [0, 0.1) is 0 Å². The summed E-state index contributed by atoms with van der Waals surface area (Å²) in [6, 6.07) is 8.67. The number of nitrogens with zero attached hydrogens (tertiary/aromatic N) is 2. The quantitative estimate of drug-likeness (QED) is 0.736. The maximum atomic E-state index is 5.85. The first-order valence-corrected chi connectivity index (χ1v) is 6.99. The van der Waals surface area contributed by atoms with Gasteiger partial charge in [0.25, 0.3) is 0 Å². The average molecular weight is 267 g/mol. The van der Waals surface area contributed by atoms with E-state index in [9.17, 15) is 0 Å². The second-order valence-electron chi connectivity index (χ2n) is 5.29. The maximum Gasteiger partial charge on any atom is 0.0950 e. The van der Waals surface area contributed by atoms with Gasteiger partial charge >= 0.3 is 0 Å². The molecule has 1 saturated heterocycles. The van der Waals surface area contributed by atoms with Crippen LogP contribution in [0.5, 0.6) is 0 Å². The topological polar surface area (TPSA) is 39.1 Å². The van der Waals surface area contributed by atoms with E-state index in [2.05, 4.69) is 46.2 Å². The lowest BCUT2D eigenvalue weighted by atomic mass is 10.0. The van der Waals surface area contributed by atoms with Crippen molar-refractivity contribution in [3.05, 3.63) is 42.2 Å². The molecule has 102 valence electrons. The highest BCUT2D eigenvalue weighted by atomic mass is 16.5. The minimum absolute atomic E-state index is 0.153. The van der Waals surface area contributed by atoms with Gasteiger partial charge in [-0.25, -0.2) is 0 Å². The molecule has 4 heteroatoms. The molecule has 1 aliphatic rings. The number of morpholine rings is 1. The lowest BCUT2D eigenvalue weighted by molar-refractivity contribution is 0.0278. The zero-order valence-corrected chi connectivity index (χ0v) is 11.5. The van der Waals surface area contributed by atoms with E-state index in [1.54, 1.807) is 0 Å². The Morgan fingerprint density at radius 2 is 2.15 bits per heavy atom. The smallest absolute Gasteiger partial charge is 0.0950 e. The predicted molar refractivity (Wildman–Crippen MR) is 79.8 cm³/mol. The van der Waals surface area contributed by atoms with Crippen LogP contribution in [0.3, 0.4) is 0 Å². The van der Waals surface area contributed by atoms with Crippen molar-refractivity contribution in [2.24, 2.45) is 7.05 Å². The van der Waals surface area contributed by atoms with E-state index in [1.807, 2.05) is 12.4 Å². The highest BCUT2D eigenvalue weighted by Gasteiger charge is 2.17. The number of benzene rings is 1. The molecule has 1 N–H and O–H groups in total. The van der Waals surface area contributed by atoms with Crippen LogP contribution in [0.15, 0.2) is 36.7 Å². The SMILES string of the molecule is Cn1c2ccncc2c2cc(C3CNCCO3)ccc21. The van der Waals surface area contributed by atoms with Gasteiger partial charge in [0.1, 0.15) is 0 Å². The second-order valence-corrected chi connectivity index (χ2v) is 5.29. The summed E-state index contributed by atoms with van der Waals surface area (Å²) < 4.78 is 8.07. The van der Waals surface area contributed by atoms with E-state index in [0.29, 0.717) is 0 Å². The molecule has 0 aliphatic carbocycles. The van der Waals surface area contributed by atoms with Crippen molar-refractivity contribution < 1.29 is 4.74 Å². The Bertz CT molecular complexity index is 772. The third kappa shape index (κ3) is 1.72. The molecule has 0 radical (unpaired) electrons. The lowest BCUT2D eigenvalue weighted by Gasteiger charge is -2.24. The Morgan fingerprint density at radius 1 is 1.25 bits per heavy atom. The van der Waals surface area contributed by atoms with Crippen LogP contribution in [0.4, 0.5) is 0 Å². The van der Waals surface area contributed by atoms with Crippen molar-refractivity contribution in [1.29, 1.82) is 0 Å². The van der Waals surface area contributed by atoms with Crippen molar-refractivity contribution in [3.63, 3.8) is 0 Å². The normalized spacial score (nSPS) is 19.8. The summed E-state index contributed by atoms with van der Waals surface area (Å²) in [5.41, 5.74) is 3.69. The van der Waals surface area contributed by atoms with Gasteiger partial charge in [0.05, 0.1) is 18.2 Å². The summed E-state index contributed by atoms with van der Waals surface area (Å²) in [6.07, 6.45) is 3.94. The molecular weight excluding hydrogens is 250 g/mol. The molecule has 0 bridgehead atoms. The number of ether oxygens (including phenoxy) is 1. The number of fused-ring (bicyclic) bond motifs is 3. The maximum absolute atomic E-state index is 5.85. The fraction of sp³-hybridized carbons (Fsp3) is 0.312. The van der Waals surface area contributed by atoms with Crippen LogP contribution in [0.1, 0.15) is 11.7 Å². The molecule has 4 rings (SSSR count). The number of aryl methyl sites for hydroxylation is 1. The fourth-order valence-electron chi connectivity index (χ4n) is 3.06. The second kappa shape index (κ2) is 4.58. The van der Waals surface area contributed by atoms with Crippen LogP contribution in [-0.4, -0.2) is 29.2 Å². The van der Waals surface area contributed by atoms with E-state index < -0.39 is 0 Å². The third-order valence-corrected chi connectivity index (χ3v) is 4.13. The van der Waals surface area contributed by atoms with Crippen molar-refractivity contribution in [3.8, 4) is 0 Å². The fourth-order valence-corrected chi connectivity index (χ4v) is 3.06. The first kappa shape index (κ1) is 11.9. The van der Waals surface area contributed by atoms with Crippen molar-refractivity contribution in [1.82, 2.24) is 14.9 Å². The number of rotatable bonds is 1. The van der Waals surface area contributed by atoms with E-state index in [-0.39, 0.29) is 6.10 Å². The Labute approximate surface area is 117 Å². The molecule has 1 aromatic carbocycles. The Balaban J connectivity index is 1.92. The number of hydrogen-bond donors (Lipinski definition) is 1. The van der Waals surface area contributed by atoms with Gasteiger partial charge in [-0.1, -0.05) is 6.07 Å². The highest BCUT2D eigenvalue weighted by molar-refractivity contribution is 6.07. The third-order valence-electron chi connectivity index (χ3n) is 4.13. The van der Waals surface area contributed by atoms with Crippen molar-refractivity contribution in [2.45, 2.75) is 6.10 Å². The van der Waals surface area contributed by atoms with Crippen molar-refractivity contribution in [2.75, 3.05) is 19.7 Å². The molecule has 0 spiro atoms. The minimum Gasteiger partial charge on any atom is -0.371 e. The zero-order valence-electron chi connectivity index (χ0n) is 11.5. The number of hydrogen-bond acceptors (Lipinski definition) is 3. The van der Waals surface area contributed by atoms with Gasteiger partial charge in [-0.05, 0) is 23.8 Å². The van der Waals surface area contributed by atoms with Gasteiger partial charge in [0.2, 0.25) is 0 Å². The predicted octanol–water partition coefficient (Wildman–Crippen LogP) is 2.39. The van der Waals surface area contributed by atoms with E-state index in [1.165, 1.54) is 27.4 Å². The van der Waals surface area contributed by atoms with E-state index in [4.69, 9.17) is 4.74 Å². The molecule has 1 atom stereocenters. The van der Waals surface area contributed by atoms with Gasteiger partial charge in [0, 0.05) is 48.8 Å². The van der Waals surface area contributed by atoms with Crippen LogP contribution >= 0.6 is 0 Å². The summed E-state index contributed by atoms with van der Waals surface area (Å²) in [6.45, 7) is 2.60. The number of pyridine rings is 1. The summed E-state index contributed by atoms with van der Waals surface area (Å²) in [4.78, 5) is 4.26. The van der Waals surface area contributed by atoms with Crippen LogP contribution in [0.25, 0.3) is 21.8 Å². The van der Waals surface area contributed by atoms with Gasteiger partial charge in [-0.3, -0.25) is 4.98 Å². The summed E-state index contributed by atoms with van der Waals surface area (Å²) in [5.74, 6) is 0. The number of aromatic nitrogens is 2. The largest absolute Gasteiger partial charge is 0.371 e. The molecule has 2 aromatic heterocycles. The first-order chi connectivity index (χ1) is 9.84. The minimum atomic E-state index is 0.153. The Kier molecular flexibility index (Phi) is 2.72. The molecule has 0 saturated carbocycles. The molecule has 20 heavy (non-hydrogen) atoms. The highest BCUT2D eigenvalue weighted by Crippen LogP contribution is 2.30. The van der Waals surface area contributed by atoms with Gasteiger partial charge in [-0.15, -0.1) is 0 Å². The molecule has 4 nitrogen and oxygen atoms in total. The molecule has 1 unspecified atom stereocenters. The first-order valence-electron chi connectivity index (χ1n) is 6.99. The molecule has 3 heterocycles. The van der Waals surface area contributed by atoms with Gasteiger partial charge in [-0.2, -0.15) is 0 Å². The summed E-state index contributed by atoms with van der Waals surface area (Å²) >= 11 is 0. The summed E-state index contributed by atoms with van der Waals surface area (Å²) in [5, 5.41) is 5.84. The van der Waals surface area contributed by atoms with E-state index >= 15 is 0 Å². The van der Waals surface area contributed by atoms with Gasteiger partial charge in [0.15, 0.2) is 0 Å². The van der Waals surface area contributed by atoms with E-state index in [0.717, 1.165) is 19.7 Å². The van der Waals surface area contributed by atoms with Crippen molar-refractivity contribution >= 4 is 21.8 Å². The molecular formula is C16H17N3O. The monoisotopic (exact) mass is 267 g/mol. The standard InChI is InChI=1S/C16H17N3O/c1-19-14-3-2-11(16-10-18-6-7-20-16)8-12(14)13-9-17-5-4-15(13)19/h2-5,8-9,16,18H,6-7,10H2,1H3. The Hall–Kier alpha value is -1.91. The Morgan fingerprint density at radius 3 is 3.00 bits per heavy atom. The van der Waals surface area contributed by atoms with Crippen LogP contribution in [0.2, 0.25) is 0 Å². The van der Waals surface area contributed by atoms with Crippen LogP contribution < -0.4 is 5.32 Å². The lowest BCUT2D eigenvalue weighted by Crippen LogP contribution is -2.33. The molecule has 1 fully saturated rings. The zero-order chi connectivity index (χ0) is 13.5. The molecule has 1 aliphatic heterocycles. The van der Waals surface area contributed by atoms with Gasteiger partial charge < -0.3 is 14.6 Å². The number of nitrogens with one attached hydrogen (secondary N) is 1.